The number of para-hydroxylation sites is 1. The molecule has 0 aliphatic heterocycles. The Morgan fingerprint density at radius 3 is 2.49 bits per heavy atom. The van der Waals surface area contributed by atoms with Crippen molar-refractivity contribution in [3.8, 4) is 17.2 Å². The summed E-state index contributed by atoms with van der Waals surface area (Å²) in [6, 6.07) is 14.8. The molecule has 1 aliphatic carbocycles. The van der Waals surface area contributed by atoms with Gasteiger partial charge in [-0.25, -0.2) is 9.67 Å². The molecule has 1 amide bonds. The molecule has 35 heavy (non-hydrogen) atoms. The van der Waals surface area contributed by atoms with Crippen molar-refractivity contribution >= 4 is 16.8 Å². The molecule has 0 spiro atoms. The number of ether oxygens (including phenoxy) is 2. The smallest absolute Gasteiger partial charge is 0.273 e. The molecule has 0 saturated heterocycles. The van der Waals surface area contributed by atoms with E-state index >= 15 is 0 Å². The van der Waals surface area contributed by atoms with Gasteiger partial charge in [-0.1, -0.05) is 18.2 Å². The standard InChI is InChI=1S/C26H27N5O4/c1-4-30(15-24-27-20-14-23(35-3)22(34-2)12-18(20)25(32)28-24)26(33)21-13-19(16-10-11-16)29-31(21)17-8-6-5-7-9-17/h5-9,12-14,16H,4,10-11,15H2,1-3H3,(H,27,28,32). The summed E-state index contributed by atoms with van der Waals surface area (Å²) < 4.78 is 12.4. The minimum absolute atomic E-state index is 0.146. The molecule has 9 heteroatoms. The molecule has 2 heterocycles. The first-order valence-corrected chi connectivity index (χ1v) is 11.6. The zero-order valence-corrected chi connectivity index (χ0v) is 19.9. The summed E-state index contributed by atoms with van der Waals surface area (Å²) >= 11 is 0. The summed E-state index contributed by atoms with van der Waals surface area (Å²) in [5.41, 5.74) is 2.42. The molecule has 2 aromatic carbocycles. The predicted molar refractivity (Wildman–Crippen MR) is 131 cm³/mol. The van der Waals surface area contributed by atoms with Crippen LogP contribution in [0.25, 0.3) is 16.6 Å². The van der Waals surface area contributed by atoms with Gasteiger partial charge in [0.25, 0.3) is 11.5 Å². The normalized spacial score (nSPS) is 13.1. The monoisotopic (exact) mass is 473 g/mol. The topological polar surface area (TPSA) is 102 Å². The van der Waals surface area contributed by atoms with Crippen LogP contribution in [0, 0.1) is 0 Å². The van der Waals surface area contributed by atoms with E-state index in [1.807, 2.05) is 43.3 Å². The second-order valence-corrected chi connectivity index (χ2v) is 8.53. The lowest BCUT2D eigenvalue weighted by Gasteiger charge is -2.21. The summed E-state index contributed by atoms with van der Waals surface area (Å²) in [5.74, 6) is 1.55. The van der Waals surface area contributed by atoms with Gasteiger partial charge in [-0.2, -0.15) is 5.10 Å². The summed E-state index contributed by atoms with van der Waals surface area (Å²) in [7, 11) is 3.04. The molecular weight excluding hydrogens is 446 g/mol. The Morgan fingerprint density at radius 2 is 1.83 bits per heavy atom. The Bertz CT molecular complexity index is 1440. The number of benzene rings is 2. The SMILES string of the molecule is CCN(Cc1nc2cc(OC)c(OC)cc2c(=O)[nH]1)C(=O)c1cc(C2CC2)nn1-c1ccccc1. The lowest BCUT2D eigenvalue weighted by molar-refractivity contribution is 0.0739. The molecule has 5 rings (SSSR count). The number of fused-ring (bicyclic) bond motifs is 1. The lowest BCUT2D eigenvalue weighted by atomic mass is 10.2. The average molecular weight is 474 g/mol. The molecule has 2 aromatic heterocycles. The van der Waals surface area contributed by atoms with Gasteiger partial charge in [0.1, 0.15) is 11.5 Å². The predicted octanol–water partition coefficient (Wildman–Crippen LogP) is 3.67. The number of nitrogens with one attached hydrogen (secondary N) is 1. The highest BCUT2D eigenvalue weighted by Crippen LogP contribution is 2.40. The van der Waals surface area contributed by atoms with Gasteiger partial charge >= 0.3 is 0 Å². The van der Waals surface area contributed by atoms with Gasteiger partial charge < -0.3 is 19.4 Å². The van der Waals surface area contributed by atoms with E-state index in [1.165, 1.54) is 14.2 Å². The first-order valence-electron chi connectivity index (χ1n) is 11.6. The number of rotatable bonds is 8. The van der Waals surface area contributed by atoms with Crippen LogP contribution in [0.3, 0.4) is 0 Å². The molecule has 180 valence electrons. The van der Waals surface area contributed by atoms with Crippen LogP contribution in [0.5, 0.6) is 11.5 Å². The van der Waals surface area contributed by atoms with Crippen LogP contribution in [0.1, 0.15) is 47.7 Å². The number of amides is 1. The summed E-state index contributed by atoms with van der Waals surface area (Å²) in [6.45, 7) is 2.48. The van der Waals surface area contributed by atoms with Gasteiger partial charge in [0, 0.05) is 18.5 Å². The van der Waals surface area contributed by atoms with E-state index in [1.54, 1.807) is 21.7 Å². The first kappa shape index (κ1) is 22.6. The first-order chi connectivity index (χ1) is 17.0. The number of aromatic nitrogens is 4. The molecular formula is C26H27N5O4. The van der Waals surface area contributed by atoms with Crippen molar-refractivity contribution in [3.05, 3.63) is 76.1 Å². The molecule has 9 nitrogen and oxygen atoms in total. The highest BCUT2D eigenvalue weighted by atomic mass is 16.5. The lowest BCUT2D eigenvalue weighted by Crippen LogP contribution is -2.33. The van der Waals surface area contributed by atoms with Crippen molar-refractivity contribution in [3.63, 3.8) is 0 Å². The van der Waals surface area contributed by atoms with Crippen molar-refractivity contribution in [2.24, 2.45) is 0 Å². The molecule has 1 fully saturated rings. The Hall–Kier alpha value is -4.14. The zero-order valence-electron chi connectivity index (χ0n) is 19.9. The van der Waals surface area contributed by atoms with Crippen LogP contribution in [0.2, 0.25) is 0 Å². The van der Waals surface area contributed by atoms with E-state index in [0.717, 1.165) is 24.2 Å². The Labute approximate surface area is 202 Å². The Morgan fingerprint density at radius 1 is 1.11 bits per heavy atom. The number of aromatic amines is 1. The van der Waals surface area contributed by atoms with Gasteiger partial charge in [-0.05, 0) is 44.0 Å². The number of carbonyl (C=O) groups is 1. The molecule has 0 radical (unpaired) electrons. The van der Waals surface area contributed by atoms with Crippen molar-refractivity contribution in [1.29, 1.82) is 0 Å². The number of hydrogen-bond donors (Lipinski definition) is 1. The van der Waals surface area contributed by atoms with Crippen molar-refractivity contribution in [1.82, 2.24) is 24.6 Å². The number of nitrogens with zero attached hydrogens (tertiary/aromatic N) is 4. The van der Waals surface area contributed by atoms with Crippen LogP contribution in [0.4, 0.5) is 0 Å². The van der Waals surface area contributed by atoms with Crippen molar-refractivity contribution in [2.45, 2.75) is 32.2 Å². The zero-order chi connectivity index (χ0) is 24.5. The highest BCUT2D eigenvalue weighted by Gasteiger charge is 2.30. The third-order valence-corrected chi connectivity index (χ3v) is 6.21. The average Bonchev–Trinajstić information content (AvgIpc) is 3.64. The van der Waals surface area contributed by atoms with Gasteiger partial charge in [0.15, 0.2) is 11.5 Å². The van der Waals surface area contributed by atoms with Crippen LogP contribution in [0.15, 0.2) is 53.3 Å². The van der Waals surface area contributed by atoms with Gasteiger partial charge in [-0.15, -0.1) is 0 Å². The van der Waals surface area contributed by atoms with Crippen LogP contribution in [-0.2, 0) is 6.54 Å². The van der Waals surface area contributed by atoms with E-state index in [2.05, 4.69) is 9.97 Å². The molecule has 1 aliphatic rings. The van der Waals surface area contributed by atoms with E-state index in [9.17, 15) is 9.59 Å². The van der Waals surface area contributed by atoms with Gasteiger partial charge in [-0.3, -0.25) is 9.59 Å². The Kier molecular flexibility index (Phi) is 5.98. The Balaban J connectivity index is 1.49. The third kappa shape index (κ3) is 4.37. The largest absolute Gasteiger partial charge is 0.493 e. The highest BCUT2D eigenvalue weighted by molar-refractivity contribution is 5.93. The molecule has 1 N–H and O–H groups in total. The molecule has 0 atom stereocenters. The summed E-state index contributed by atoms with van der Waals surface area (Å²) in [4.78, 5) is 35.5. The number of carbonyl (C=O) groups excluding carboxylic acids is 1. The van der Waals surface area contributed by atoms with Crippen molar-refractivity contribution < 1.29 is 14.3 Å². The number of methoxy groups -OCH3 is 2. The van der Waals surface area contributed by atoms with Crippen molar-refractivity contribution in [2.75, 3.05) is 20.8 Å². The van der Waals surface area contributed by atoms with Gasteiger partial charge in [0.2, 0.25) is 0 Å². The molecule has 4 aromatic rings. The second kappa shape index (κ2) is 9.25. The number of H-pyrrole nitrogens is 1. The summed E-state index contributed by atoms with van der Waals surface area (Å²) in [5, 5.41) is 5.13. The maximum Gasteiger partial charge on any atom is 0.273 e. The molecule has 0 bridgehead atoms. The van der Waals surface area contributed by atoms with Crippen LogP contribution < -0.4 is 15.0 Å². The fourth-order valence-corrected chi connectivity index (χ4v) is 4.16. The van der Waals surface area contributed by atoms with E-state index in [-0.39, 0.29) is 18.0 Å². The van der Waals surface area contributed by atoms with Crippen LogP contribution >= 0.6 is 0 Å². The fourth-order valence-electron chi connectivity index (χ4n) is 4.16. The maximum absolute atomic E-state index is 13.7. The van der Waals surface area contributed by atoms with Gasteiger partial charge in [0.05, 0.1) is 43.0 Å². The molecule has 0 unspecified atom stereocenters. The minimum Gasteiger partial charge on any atom is -0.493 e. The number of hydrogen-bond acceptors (Lipinski definition) is 6. The van der Waals surface area contributed by atoms with E-state index < -0.39 is 0 Å². The van der Waals surface area contributed by atoms with Crippen LogP contribution in [-0.4, -0.2) is 51.3 Å². The fraction of sp³-hybridized carbons (Fsp3) is 0.308. The second-order valence-electron chi connectivity index (χ2n) is 8.53. The summed E-state index contributed by atoms with van der Waals surface area (Å²) in [6.07, 6.45) is 2.18. The van der Waals surface area contributed by atoms with E-state index in [0.29, 0.717) is 46.4 Å². The van der Waals surface area contributed by atoms with E-state index in [4.69, 9.17) is 14.6 Å². The quantitative estimate of drug-likeness (QED) is 0.419. The minimum atomic E-state index is -0.306. The maximum atomic E-state index is 13.7. The third-order valence-electron chi connectivity index (χ3n) is 6.21. The molecule has 1 saturated carbocycles.